The van der Waals surface area contributed by atoms with Crippen molar-refractivity contribution < 1.29 is 13.2 Å². The highest BCUT2D eigenvalue weighted by Gasteiger charge is 2.25. The molecule has 26 heavy (non-hydrogen) atoms. The first-order valence-electron chi connectivity index (χ1n) is 7.98. The maximum atomic E-state index is 12.9. The summed E-state index contributed by atoms with van der Waals surface area (Å²) in [4.78, 5) is 12.9. The van der Waals surface area contributed by atoms with Gasteiger partial charge in [0.05, 0.1) is 11.7 Å². The molecule has 0 bridgehead atoms. The Morgan fingerprint density at radius 2 is 1.54 bits per heavy atom. The predicted octanol–water partition coefficient (Wildman–Crippen LogP) is 3.10. The van der Waals surface area contributed by atoms with Crippen molar-refractivity contribution >= 4 is 32.2 Å². The highest BCUT2D eigenvalue weighted by Crippen LogP contribution is 2.28. The molecule has 3 rings (SSSR count). The minimum atomic E-state index is -3.44. The van der Waals surface area contributed by atoms with Gasteiger partial charge in [0, 0.05) is 0 Å². The highest BCUT2D eigenvalue weighted by molar-refractivity contribution is 7.93. The number of benzene rings is 2. The molecule has 8 heteroatoms. The Kier molecular flexibility index (Phi) is 5.43. The van der Waals surface area contributed by atoms with Crippen molar-refractivity contribution in [1.82, 2.24) is 10.2 Å². The first-order valence-corrected chi connectivity index (χ1v) is 10.4. The molecule has 0 atom stereocenters. The number of rotatable bonds is 6. The van der Waals surface area contributed by atoms with Crippen LogP contribution in [-0.4, -0.2) is 30.3 Å². The lowest BCUT2D eigenvalue weighted by Crippen LogP contribution is -2.22. The van der Waals surface area contributed by atoms with Gasteiger partial charge in [0.1, 0.15) is 0 Å². The number of anilines is 1. The first-order chi connectivity index (χ1) is 12.5. The molecule has 0 aliphatic carbocycles. The predicted molar refractivity (Wildman–Crippen MR) is 101 cm³/mol. The number of hydrogen-bond donors (Lipinski definition) is 1. The van der Waals surface area contributed by atoms with Gasteiger partial charge < -0.3 is 0 Å². The number of sulfone groups is 1. The van der Waals surface area contributed by atoms with E-state index in [2.05, 4.69) is 15.5 Å². The Morgan fingerprint density at radius 1 is 1.00 bits per heavy atom. The van der Waals surface area contributed by atoms with Crippen LogP contribution in [-0.2, 0) is 14.6 Å². The first kappa shape index (κ1) is 18.2. The lowest BCUT2D eigenvalue weighted by molar-refractivity contribution is -0.116. The average molecular weight is 387 g/mol. The third-order valence-corrected chi connectivity index (χ3v) is 6.83. The van der Waals surface area contributed by atoms with Crippen LogP contribution in [0.5, 0.6) is 0 Å². The zero-order valence-electron chi connectivity index (χ0n) is 14.0. The summed E-state index contributed by atoms with van der Waals surface area (Å²) in [5.74, 6) is -0.891. The number of aromatic nitrogens is 2. The van der Waals surface area contributed by atoms with Crippen LogP contribution in [0.4, 0.5) is 5.13 Å². The van der Waals surface area contributed by atoms with Gasteiger partial charge in [0.2, 0.25) is 25.2 Å². The van der Waals surface area contributed by atoms with Crippen LogP contribution in [0.1, 0.15) is 24.0 Å². The van der Waals surface area contributed by atoms with Gasteiger partial charge in [-0.2, -0.15) is 0 Å². The number of carbonyl (C=O) groups is 1. The molecular formula is C18H17N3O3S2. The topological polar surface area (TPSA) is 89.0 Å². The van der Waals surface area contributed by atoms with Crippen molar-refractivity contribution in [1.29, 1.82) is 0 Å². The minimum Gasteiger partial charge on any atom is -0.300 e. The third-order valence-electron chi connectivity index (χ3n) is 3.81. The quantitative estimate of drug-likeness (QED) is 0.657. The van der Waals surface area contributed by atoms with Gasteiger partial charge in [-0.3, -0.25) is 10.1 Å². The summed E-state index contributed by atoms with van der Waals surface area (Å²) < 4.78 is 23.7. The summed E-state index contributed by atoms with van der Waals surface area (Å²) >= 11 is 0.858. The smallest absolute Gasteiger partial charge is 0.238 e. The second kappa shape index (κ2) is 7.76. The maximum Gasteiger partial charge on any atom is 0.238 e. The molecule has 0 fully saturated rings. The van der Waals surface area contributed by atoms with E-state index in [4.69, 9.17) is 0 Å². The second-order valence-electron chi connectivity index (χ2n) is 5.52. The molecule has 0 unspecified atom stereocenters. The average Bonchev–Trinajstić information content (AvgIpc) is 3.13. The van der Waals surface area contributed by atoms with Crippen LogP contribution in [0, 0.1) is 0 Å². The van der Waals surface area contributed by atoms with E-state index < -0.39 is 15.8 Å². The molecule has 1 N–H and O–H groups in total. The monoisotopic (exact) mass is 387 g/mol. The van der Waals surface area contributed by atoms with E-state index in [1.165, 1.54) is 6.92 Å². The number of carbonyl (C=O) groups excluding carboxylic acids is 1. The lowest BCUT2D eigenvalue weighted by Gasteiger charge is -2.16. The van der Waals surface area contributed by atoms with E-state index in [0.717, 1.165) is 22.5 Å². The van der Waals surface area contributed by atoms with Gasteiger partial charge in [-0.1, -0.05) is 78.9 Å². The molecule has 1 amide bonds. The van der Waals surface area contributed by atoms with Crippen molar-refractivity contribution in [2.75, 3.05) is 11.1 Å². The Bertz CT molecular complexity index is 947. The van der Waals surface area contributed by atoms with Gasteiger partial charge in [-0.05, 0) is 11.1 Å². The standard InChI is InChI=1S/C18H17N3O3S2/c1-2-26(23,24)18-21-20-17(25-18)19-16(22)15(13-9-5-3-6-10-13)14-11-7-4-8-12-14/h3-12,15H,2H2,1H3,(H,19,20,22). The lowest BCUT2D eigenvalue weighted by atomic mass is 9.90. The fourth-order valence-corrected chi connectivity index (χ4v) is 4.46. The fourth-order valence-electron chi connectivity index (χ4n) is 2.47. The summed E-state index contributed by atoms with van der Waals surface area (Å²) in [5, 5.41) is 10.3. The summed E-state index contributed by atoms with van der Waals surface area (Å²) in [5.41, 5.74) is 1.67. The number of hydrogen-bond acceptors (Lipinski definition) is 6. The summed E-state index contributed by atoms with van der Waals surface area (Å²) in [6, 6.07) is 18.8. The molecule has 0 spiro atoms. The number of nitrogens with one attached hydrogen (secondary N) is 1. The normalized spacial score (nSPS) is 11.5. The molecule has 6 nitrogen and oxygen atoms in total. The van der Waals surface area contributed by atoms with E-state index in [0.29, 0.717) is 0 Å². The molecule has 1 aromatic heterocycles. The fraction of sp³-hybridized carbons (Fsp3) is 0.167. The van der Waals surface area contributed by atoms with Crippen LogP contribution in [0.15, 0.2) is 65.0 Å². The van der Waals surface area contributed by atoms with Crippen molar-refractivity contribution in [2.24, 2.45) is 0 Å². The van der Waals surface area contributed by atoms with Gasteiger partial charge in [0.15, 0.2) is 0 Å². The van der Waals surface area contributed by atoms with Crippen molar-refractivity contribution in [3.8, 4) is 0 Å². The zero-order chi connectivity index (χ0) is 18.6. The van der Waals surface area contributed by atoms with E-state index in [-0.39, 0.29) is 21.1 Å². The van der Waals surface area contributed by atoms with Crippen LogP contribution < -0.4 is 5.32 Å². The van der Waals surface area contributed by atoms with Crippen LogP contribution in [0.3, 0.4) is 0 Å². The molecule has 0 aliphatic heterocycles. The summed E-state index contributed by atoms with van der Waals surface area (Å²) in [7, 11) is -3.44. The van der Waals surface area contributed by atoms with Gasteiger partial charge in [-0.15, -0.1) is 10.2 Å². The Hall–Kier alpha value is -2.58. The molecule has 134 valence electrons. The third kappa shape index (κ3) is 3.97. The van der Waals surface area contributed by atoms with Crippen LogP contribution in [0.25, 0.3) is 0 Å². The van der Waals surface area contributed by atoms with Crippen molar-refractivity contribution in [2.45, 2.75) is 17.2 Å². The van der Waals surface area contributed by atoms with E-state index >= 15 is 0 Å². The number of amides is 1. The maximum absolute atomic E-state index is 12.9. The number of nitrogens with zero attached hydrogens (tertiary/aromatic N) is 2. The molecule has 2 aromatic carbocycles. The van der Waals surface area contributed by atoms with Crippen molar-refractivity contribution in [3.63, 3.8) is 0 Å². The minimum absolute atomic E-state index is 0.0633. The van der Waals surface area contributed by atoms with E-state index in [1.807, 2.05) is 60.7 Å². The van der Waals surface area contributed by atoms with Gasteiger partial charge in [0.25, 0.3) is 0 Å². The molecule has 3 aromatic rings. The molecular weight excluding hydrogens is 370 g/mol. The highest BCUT2D eigenvalue weighted by atomic mass is 32.2. The zero-order valence-corrected chi connectivity index (χ0v) is 15.6. The summed E-state index contributed by atoms with van der Waals surface area (Å²) in [6.45, 7) is 1.54. The Balaban J connectivity index is 1.90. The van der Waals surface area contributed by atoms with E-state index in [1.54, 1.807) is 0 Å². The van der Waals surface area contributed by atoms with Crippen LogP contribution >= 0.6 is 11.3 Å². The van der Waals surface area contributed by atoms with Crippen LogP contribution in [0.2, 0.25) is 0 Å². The van der Waals surface area contributed by atoms with Gasteiger partial charge in [-0.25, -0.2) is 8.42 Å². The molecule has 1 heterocycles. The molecule has 0 saturated carbocycles. The largest absolute Gasteiger partial charge is 0.300 e. The van der Waals surface area contributed by atoms with E-state index in [9.17, 15) is 13.2 Å². The van der Waals surface area contributed by atoms with Gasteiger partial charge >= 0.3 is 0 Å². The Labute approximate surface area is 155 Å². The molecule has 0 saturated heterocycles. The SMILES string of the molecule is CCS(=O)(=O)c1nnc(NC(=O)C(c2ccccc2)c2ccccc2)s1. The second-order valence-corrected chi connectivity index (χ2v) is 8.95. The summed E-state index contributed by atoms with van der Waals surface area (Å²) in [6.07, 6.45) is 0. The Morgan fingerprint density at radius 3 is 2.04 bits per heavy atom. The van der Waals surface area contributed by atoms with Crippen molar-refractivity contribution in [3.05, 3.63) is 71.8 Å². The molecule has 0 aliphatic rings. The molecule has 0 radical (unpaired) electrons.